The first kappa shape index (κ1) is 19.0. The van der Waals surface area contributed by atoms with E-state index in [-0.39, 0.29) is 0 Å². The lowest BCUT2D eigenvalue weighted by atomic mass is 10.1. The van der Waals surface area contributed by atoms with Crippen LogP contribution < -0.4 is 19.6 Å². The highest BCUT2D eigenvalue weighted by molar-refractivity contribution is 5.94. The molecule has 0 spiro atoms. The number of rotatable bonds is 7. The molecule has 1 heterocycles. The molecule has 2 N–H and O–H groups in total. The summed E-state index contributed by atoms with van der Waals surface area (Å²) in [5.74, 6) is 1.50. The number of aromatic amines is 1. The van der Waals surface area contributed by atoms with Crippen LogP contribution in [0, 0.1) is 0 Å². The molecule has 0 unspecified atom stereocenters. The lowest BCUT2D eigenvalue weighted by Gasteiger charge is -2.07. The van der Waals surface area contributed by atoms with Gasteiger partial charge < -0.3 is 14.2 Å². The predicted molar refractivity (Wildman–Crippen MR) is 105 cm³/mol. The number of amides is 1. The summed E-state index contributed by atoms with van der Waals surface area (Å²) in [5.41, 5.74) is 4.98. The molecule has 1 amide bonds. The number of carbonyl (C=O) groups is 1. The van der Waals surface area contributed by atoms with Crippen molar-refractivity contribution in [2.45, 2.75) is 0 Å². The number of nitrogens with zero attached hydrogens (tertiary/aromatic N) is 2. The molecule has 0 aliphatic heterocycles. The Bertz CT molecular complexity index is 997. The van der Waals surface area contributed by atoms with Crippen LogP contribution in [0.15, 0.2) is 53.6 Å². The molecular weight excluding hydrogens is 360 g/mol. The number of hydrogen-bond donors (Lipinski definition) is 2. The van der Waals surface area contributed by atoms with Crippen molar-refractivity contribution in [3.05, 3.63) is 59.8 Å². The zero-order chi connectivity index (χ0) is 19.9. The fourth-order valence-corrected chi connectivity index (χ4v) is 2.53. The van der Waals surface area contributed by atoms with Gasteiger partial charge in [0.15, 0.2) is 11.5 Å². The van der Waals surface area contributed by atoms with Gasteiger partial charge in [-0.2, -0.15) is 10.2 Å². The molecule has 0 fully saturated rings. The summed E-state index contributed by atoms with van der Waals surface area (Å²) in [4.78, 5) is 12.3. The highest BCUT2D eigenvalue weighted by atomic mass is 16.5. The second-order valence-corrected chi connectivity index (χ2v) is 5.71. The van der Waals surface area contributed by atoms with Crippen LogP contribution in [0.1, 0.15) is 16.1 Å². The third-order valence-corrected chi connectivity index (χ3v) is 3.98. The van der Waals surface area contributed by atoms with Crippen LogP contribution in [0.4, 0.5) is 0 Å². The minimum atomic E-state index is -0.404. The van der Waals surface area contributed by atoms with Crippen molar-refractivity contribution < 1.29 is 19.0 Å². The van der Waals surface area contributed by atoms with Crippen molar-refractivity contribution in [1.82, 2.24) is 15.6 Å². The minimum absolute atomic E-state index is 0.294. The Morgan fingerprint density at radius 3 is 2.61 bits per heavy atom. The van der Waals surface area contributed by atoms with Gasteiger partial charge >= 0.3 is 0 Å². The zero-order valence-corrected chi connectivity index (χ0v) is 15.7. The van der Waals surface area contributed by atoms with Gasteiger partial charge in [-0.25, -0.2) is 5.43 Å². The first-order chi connectivity index (χ1) is 13.6. The number of hydrazone groups is 1. The average molecular weight is 380 g/mol. The Balaban J connectivity index is 1.67. The number of ether oxygens (including phenoxy) is 3. The van der Waals surface area contributed by atoms with Gasteiger partial charge in [0, 0.05) is 5.56 Å². The first-order valence-electron chi connectivity index (χ1n) is 8.40. The topological polar surface area (TPSA) is 97.8 Å². The van der Waals surface area contributed by atoms with E-state index in [1.54, 1.807) is 45.6 Å². The van der Waals surface area contributed by atoms with Gasteiger partial charge in [0.05, 0.1) is 33.2 Å². The van der Waals surface area contributed by atoms with E-state index in [1.165, 1.54) is 6.21 Å². The molecule has 8 nitrogen and oxygen atoms in total. The van der Waals surface area contributed by atoms with E-state index in [4.69, 9.17) is 14.2 Å². The van der Waals surface area contributed by atoms with Crippen LogP contribution in [-0.4, -0.2) is 43.6 Å². The van der Waals surface area contributed by atoms with Crippen molar-refractivity contribution in [3.8, 4) is 28.5 Å². The Kier molecular flexibility index (Phi) is 5.91. The number of aromatic nitrogens is 2. The summed E-state index contributed by atoms with van der Waals surface area (Å²) in [6, 6.07) is 14.4. The number of methoxy groups -OCH3 is 3. The first-order valence-corrected chi connectivity index (χ1v) is 8.40. The third-order valence-electron chi connectivity index (χ3n) is 3.98. The lowest BCUT2D eigenvalue weighted by Crippen LogP contribution is -2.18. The standard InChI is InChI=1S/C20H20N4O4/c1-26-15-6-4-5-14(10-15)16-11-17(23-22-16)20(25)24-21-12-13-7-8-18(27-2)19(9-13)28-3/h4-12H,1-3H3,(H,22,23)(H,24,25). The van der Waals surface area contributed by atoms with Crippen LogP contribution >= 0.6 is 0 Å². The molecule has 8 heteroatoms. The highest BCUT2D eigenvalue weighted by Crippen LogP contribution is 2.27. The molecule has 0 aliphatic carbocycles. The molecule has 28 heavy (non-hydrogen) atoms. The molecular formula is C20H20N4O4. The second kappa shape index (κ2) is 8.72. The lowest BCUT2D eigenvalue weighted by molar-refractivity contribution is 0.0950. The molecule has 1 aromatic heterocycles. The van der Waals surface area contributed by atoms with Crippen molar-refractivity contribution in [2.24, 2.45) is 5.10 Å². The normalized spacial score (nSPS) is 10.7. The van der Waals surface area contributed by atoms with Crippen molar-refractivity contribution in [1.29, 1.82) is 0 Å². The molecule has 0 atom stereocenters. The Hall–Kier alpha value is -3.81. The predicted octanol–water partition coefficient (Wildman–Crippen LogP) is 2.87. The molecule has 144 valence electrons. The van der Waals surface area contributed by atoms with Gasteiger partial charge in [-0.1, -0.05) is 12.1 Å². The van der Waals surface area contributed by atoms with Crippen LogP contribution in [0.3, 0.4) is 0 Å². The summed E-state index contributed by atoms with van der Waals surface area (Å²) in [6.07, 6.45) is 1.51. The molecule has 0 radical (unpaired) electrons. The quantitative estimate of drug-likeness (QED) is 0.485. The largest absolute Gasteiger partial charge is 0.497 e. The molecule has 2 aromatic carbocycles. The number of nitrogens with one attached hydrogen (secondary N) is 2. The molecule has 3 rings (SSSR count). The van der Waals surface area contributed by atoms with Gasteiger partial charge in [0.2, 0.25) is 0 Å². The number of H-pyrrole nitrogens is 1. The van der Waals surface area contributed by atoms with Crippen LogP contribution in [-0.2, 0) is 0 Å². The monoisotopic (exact) mass is 380 g/mol. The van der Waals surface area contributed by atoms with Crippen molar-refractivity contribution in [3.63, 3.8) is 0 Å². The Morgan fingerprint density at radius 1 is 1.04 bits per heavy atom. The van der Waals surface area contributed by atoms with Crippen LogP contribution in [0.5, 0.6) is 17.2 Å². The van der Waals surface area contributed by atoms with Crippen LogP contribution in [0.25, 0.3) is 11.3 Å². The van der Waals surface area contributed by atoms with Crippen molar-refractivity contribution >= 4 is 12.1 Å². The Morgan fingerprint density at radius 2 is 1.86 bits per heavy atom. The van der Waals surface area contributed by atoms with E-state index < -0.39 is 5.91 Å². The van der Waals surface area contributed by atoms with E-state index in [0.717, 1.165) is 11.1 Å². The summed E-state index contributed by atoms with van der Waals surface area (Å²) < 4.78 is 15.6. The maximum absolute atomic E-state index is 12.3. The Labute approximate surface area is 162 Å². The number of benzene rings is 2. The maximum atomic E-state index is 12.3. The van der Waals surface area contributed by atoms with Gasteiger partial charge in [0.25, 0.3) is 5.91 Å². The van der Waals surface area contributed by atoms with Crippen LogP contribution in [0.2, 0.25) is 0 Å². The molecule has 0 bridgehead atoms. The number of carbonyl (C=O) groups excluding carboxylic acids is 1. The zero-order valence-electron chi connectivity index (χ0n) is 15.7. The molecule has 0 saturated carbocycles. The molecule has 0 aliphatic rings. The number of hydrogen-bond acceptors (Lipinski definition) is 6. The van der Waals surface area contributed by atoms with E-state index in [2.05, 4.69) is 20.7 Å². The summed E-state index contributed by atoms with van der Waals surface area (Å²) in [7, 11) is 4.72. The van der Waals surface area contributed by atoms with Gasteiger partial charge in [0.1, 0.15) is 11.4 Å². The second-order valence-electron chi connectivity index (χ2n) is 5.71. The minimum Gasteiger partial charge on any atom is -0.497 e. The smallest absolute Gasteiger partial charge is 0.289 e. The molecule has 3 aromatic rings. The average Bonchev–Trinajstić information content (AvgIpc) is 3.24. The van der Waals surface area contributed by atoms with E-state index in [9.17, 15) is 4.79 Å². The summed E-state index contributed by atoms with van der Waals surface area (Å²) >= 11 is 0. The summed E-state index contributed by atoms with van der Waals surface area (Å²) in [5, 5.41) is 10.8. The fraction of sp³-hybridized carbons (Fsp3) is 0.150. The van der Waals surface area contributed by atoms with E-state index >= 15 is 0 Å². The van der Waals surface area contributed by atoms with Gasteiger partial charge in [-0.05, 0) is 42.0 Å². The van der Waals surface area contributed by atoms with E-state index in [0.29, 0.717) is 28.6 Å². The third kappa shape index (κ3) is 4.29. The fourth-order valence-electron chi connectivity index (χ4n) is 2.53. The van der Waals surface area contributed by atoms with Gasteiger partial charge in [-0.15, -0.1) is 0 Å². The van der Waals surface area contributed by atoms with Crippen molar-refractivity contribution in [2.75, 3.05) is 21.3 Å². The summed E-state index contributed by atoms with van der Waals surface area (Å²) in [6.45, 7) is 0. The highest BCUT2D eigenvalue weighted by Gasteiger charge is 2.11. The van der Waals surface area contributed by atoms with E-state index in [1.807, 2.05) is 24.3 Å². The SMILES string of the molecule is COc1cccc(-c2cc(C(=O)NN=Cc3ccc(OC)c(OC)c3)[nH]n2)c1. The molecule has 0 saturated heterocycles. The maximum Gasteiger partial charge on any atom is 0.289 e. The van der Waals surface area contributed by atoms with Gasteiger partial charge in [-0.3, -0.25) is 9.89 Å².